The Kier molecular flexibility index (Phi) is 5.37. The lowest BCUT2D eigenvalue weighted by Gasteiger charge is -2.17. The van der Waals surface area contributed by atoms with Crippen LogP contribution in [0.3, 0.4) is 0 Å². The second-order valence-electron chi connectivity index (χ2n) is 3.60. The summed E-state index contributed by atoms with van der Waals surface area (Å²) in [5.74, 6) is 0. The second kappa shape index (κ2) is 6.59. The Morgan fingerprint density at radius 3 is 2.33 bits per heavy atom. The Morgan fingerprint density at radius 1 is 1.20 bits per heavy atom. The maximum absolute atomic E-state index is 5.68. The van der Waals surface area contributed by atoms with E-state index in [2.05, 4.69) is 36.5 Å². The zero-order valence-electron chi connectivity index (χ0n) is 9.92. The highest BCUT2D eigenvalue weighted by Gasteiger charge is 2.09. The number of hydrogen-bond donors (Lipinski definition) is 1. The molecule has 2 heteroatoms. The zero-order valence-corrected chi connectivity index (χ0v) is 9.92. The van der Waals surface area contributed by atoms with Crippen LogP contribution in [-0.4, -0.2) is 20.2 Å². The average molecular weight is 207 g/mol. The van der Waals surface area contributed by atoms with Crippen LogP contribution in [0.25, 0.3) is 0 Å². The minimum absolute atomic E-state index is 0.172. The maximum atomic E-state index is 5.68. The molecule has 0 aliphatic carbocycles. The van der Waals surface area contributed by atoms with Gasteiger partial charge in [0, 0.05) is 13.2 Å². The smallest absolute Gasteiger partial charge is 0.0948 e. The minimum atomic E-state index is 0.172. The monoisotopic (exact) mass is 207 g/mol. The molecule has 1 aromatic rings. The van der Waals surface area contributed by atoms with Crippen molar-refractivity contribution in [1.82, 2.24) is 5.32 Å². The van der Waals surface area contributed by atoms with E-state index in [4.69, 9.17) is 4.74 Å². The van der Waals surface area contributed by atoms with Crippen molar-refractivity contribution < 1.29 is 4.74 Å². The van der Waals surface area contributed by atoms with Gasteiger partial charge in [-0.05, 0) is 31.5 Å². The molecule has 1 N–H and O–H groups in total. The van der Waals surface area contributed by atoms with Gasteiger partial charge in [-0.3, -0.25) is 0 Å². The first-order valence-electron chi connectivity index (χ1n) is 5.66. The molecule has 0 saturated carbocycles. The SMILES string of the molecule is CCOC(CNC)c1ccc(CC)cc1. The molecule has 15 heavy (non-hydrogen) atoms. The van der Waals surface area contributed by atoms with Gasteiger partial charge in [0.05, 0.1) is 6.10 Å². The summed E-state index contributed by atoms with van der Waals surface area (Å²) < 4.78 is 5.68. The van der Waals surface area contributed by atoms with Gasteiger partial charge in [-0.2, -0.15) is 0 Å². The van der Waals surface area contributed by atoms with Crippen molar-refractivity contribution >= 4 is 0 Å². The first kappa shape index (κ1) is 12.2. The summed E-state index contributed by atoms with van der Waals surface area (Å²) in [6.07, 6.45) is 1.26. The third-order valence-electron chi connectivity index (χ3n) is 2.52. The molecule has 0 aliphatic heterocycles. The predicted molar refractivity (Wildman–Crippen MR) is 64.1 cm³/mol. The van der Waals surface area contributed by atoms with Crippen LogP contribution in [0.2, 0.25) is 0 Å². The van der Waals surface area contributed by atoms with E-state index in [1.165, 1.54) is 11.1 Å². The van der Waals surface area contributed by atoms with Crippen molar-refractivity contribution in [1.29, 1.82) is 0 Å². The van der Waals surface area contributed by atoms with Gasteiger partial charge in [0.15, 0.2) is 0 Å². The number of nitrogens with one attached hydrogen (secondary N) is 1. The van der Waals surface area contributed by atoms with Crippen LogP contribution < -0.4 is 5.32 Å². The molecule has 2 nitrogen and oxygen atoms in total. The van der Waals surface area contributed by atoms with Gasteiger partial charge in [-0.25, -0.2) is 0 Å². The Morgan fingerprint density at radius 2 is 1.87 bits per heavy atom. The second-order valence-corrected chi connectivity index (χ2v) is 3.60. The number of aryl methyl sites for hydroxylation is 1. The number of hydrogen-bond acceptors (Lipinski definition) is 2. The maximum Gasteiger partial charge on any atom is 0.0948 e. The van der Waals surface area contributed by atoms with E-state index in [1.54, 1.807) is 0 Å². The van der Waals surface area contributed by atoms with Crippen molar-refractivity contribution in [3.8, 4) is 0 Å². The summed E-state index contributed by atoms with van der Waals surface area (Å²) in [6.45, 7) is 5.81. The van der Waals surface area contributed by atoms with Crippen molar-refractivity contribution in [2.24, 2.45) is 0 Å². The Labute approximate surface area is 92.6 Å². The molecule has 0 amide bonds. The fourth-order valence-electron chi connectivity index (χ4n) is 1.63. The summed E-state index contributed by atoms with van der Waals surface area (Å²) in [7, 11) is 1.95. The third-order valence-corrected chi connectivity index (χ3v) is 2.52. The number of likely N-dealkylation sites (N-methyl/N-ethyl adjacent to an activating group) is 1. The molecule has 0 saturated heterocycles. The molecule has 0 radical (unpaired) electrons. The number of rotatable bonds is 6. The Hall–Kier alpha value is -0.860. The van der Waals surface area contributed by atoms with Crippen molar-refractivity contribution in [2.75, 3.05) is 20.2 Å². The van der Waals surface area contributed by atoms with E-state index in [1.807, 2.05) is 14.0 Å². The molecule has 0 fully saturated rings. The van der Waals surface area contributed by atoms with Gasteiger partial charge in [-0.15, -0.1) is 0 Å². The van der Waals surface area contributed by atoms with Gasteiger partial charge in [0.25, 0.3) is 0 Å². The Balaban J connectivity index is 2.72. The van der Waals surface area contributed by atoms with Crippen LogP contribution in [0.1, 0.15) is 31.1 Å². The lowest BCUT2D eigenvalue weighted by Crippen LogP contribution is -2.19. The summed E-state index contributed by atoms with van der Waals surface area (Å²) in [5, 5.41) is 3.15. The van der Waals surface area contributed by atoms with Gasteiger partial charge in [0.2, 0.25) is 0 Å². The molecule has 1 atom stereocenters. The molecule has 0 aliphatic rings. The van der Waals surface area contributed by atoms with Crippen LogP contribution in [0.5, 0.6) is 0 Å². The normalized spacial score (nSPS) is 12.7. The summed E-state index contributed by atoms with van der Waals surface area (Å²) in [6, 6.07) is 8.68. The quantitative estimate of drug-likeness (QED) is 0.774. The van der Waals surface area contributed by atoms with Crippen LogP contribution in [0.4, 0.5) is 0 Å². The first-order valence-corrected chi connectivity index (χ1v) is 5.66. The van der Waals surface area contributed by atoms with Crippen LogP contribution in [0.15, 0.2) is 24.3 Å². The fraction of sp³-hybridized carbons (Fsp3) is 0.538. The van der Waals surface area contributed by atoms with Crippen LogP contribution in [-0.2, 0) is 11.2 Å². The molecule has 0 aromatic heterocycles. The predicted octanol–water partition coefficient (Wildman–Crippen LogP) is 2.55. The van der Waals surface area contributed by atoms with E-state index in [9.17, 15) is 0 Å². The van der Waals surface area contributed by atoms with Gasteiger partial charge in [-0.1, -0.05) is 31.2 Å². The number of benzene rings is 1. The molecule has 1 unspecified atom stereocenters. The highest BCUT2D eigenvalue weighted by Crippen LogP contribution is 2.17. The summed E-state index contributed by atoms with van der Waals surface area (Å²) in [4.78, 5) is 0. The molecule has 84 valence electrons. The minimum Gasteiger partial charge on any atom is -0.372 e. The number of ether oxygens (including phenoxy) is 1. The third kappa shape index (κ3) is 3.65. The highest BCUT2D eigenvalue weighted by atomic mass is 16.5. The Bertz CT molecular complexity index is 262. The standard InChI is InChI=1S/C13H21NO/c1-4-11-6-8-12(9-7-11)13(10-14-3)15-5-2/h6-9,13-14H,4-5,10H2,1-3H3. The van der Waals surface area contributed by atoms with E-state index in [0.717, 1.165) is 19.6 Å². The molecule has 0 heterocycles. The molecule has 1 aromatic carbocycles. The summed E-state index contributed by atoms with van der Waals surface area (Å²) in [5.41, 5.74) is 2.63. The van der Waals surface area contributed by atoms with E-state index in [-0.39, 0.29) is 6.10 Å². The van der Waals surface area contributed by atoms with Gasteiger partial charge in [0.1, 0.15) is 0 Å². The van der Waals surface area contributed by atoms with E-state index >= 15 is 0 Å². The van der Waals surface area contributed by atoms with Crippen molar-refractivity contribution in [2.45, 2.75) is 26.4 Å². The van der Waals surface area contributed by atoms with Gasteiger partial charge >= 0.3 is 0 Å². The molecule has 1 rings (SSSR count). The van der Waals surface area contributed by atoms with Crippen LogP contribution >= 0.6 is 0 Å². The molecule has 0 spiro atoms. The van der Waals surface area contributed by atoms with Crippen molar-refractivity contribution in [3.63, 3.8) is 0 Å². The highest BCUT2D eigenvalue weighted by molar-refractivity contribution is 5.24. The fourth-order valence-corrected chi connectivity index (χ4v) is 1.63. The summed E-state index contributed by atoms with van der Waals surface area (Å²) >= 11 is 0. The largest absolute Gasteiger partial charge is 0.372 e. The topological polar surface area (TPSA) is 21.3 Å². The first-order chi connectivity index (χ1) is 7.31. The average Bonchev–Trinajstić information content (AvgIpc) is 2.29. The molecular weight excluding hydrogens is 186 g/mol. The lowest BCUT2D eigenvalue weighted by molar-refractivity contribution is 0.0638. The molecular formula is C13H21NO. The van der Waals surface area contributed by atoms with E-state index in [0.29, 0.717) is 0 Å². The van der Waals surface area contributed by atoms with Crippen LogP contribution in [0, 0.1) is 0 Å². The van der Waals surface area contributed by atoms with Crippen molar-refractivity contribution in [3.05, 3.63) is 35.4 Å². The van der Waals surface area contributed by atoms with E-state index < -0.39 is 0 Å². The lowest BCUT2D eigenvalue weighted by atomic mass is 10.1. The molecule has 0 bridgehead atoms. The zero-order chi connectivity index (χ0) is 11.1. The van der Waals surface area contributed by atoms with Gasteiger partial charge < -0.3 is 10.1 Å².